The molecule has 35 heavy (non-hydrogen) atoms. The summed E-state index contributed by atoms with van der Waals surface area (Å²) < 4.78 is 34.7. The maximum atomic E-state index is 14.0. The monoisotopic (exact) mass is 490 g/mol. The molecule has 13 heteroatoms. The van der Waals surface area contributed by atoms with E-state index < -0.39 is 12.2 Å². The van der Waals surface area contributed by atoms with Crippen LogP contribution in [0.15, 0.2) is 18.2 Å². The molecule has 5 rings (SSSR count). The van der Waals surface area contributed by atoms with E-state index in [0.717, 1.165) is 19.6 Å². The number of aliphatic hydroxyl groups excluding tert-OH is 1. The van der Waals surface area contributed by atoms with Gasteiger partial charge in [0.15, 0.2) is 5.82 Å². The third kappa shape index (κ3) is 4.83. The summed E-state index contributed by atoms with van der Waals surface area (Å²) in [6.07, 6.45) is -2.18. The van der Waals surface area contributed by atoms with Crippen LogP contribution >= 0.6 is 0 Å². The lowest BCUT2D eigenvalue weighted by molar-refractivity contribution is 0.122. The van der Waals surface area contributed by atoms with E-state index in [9.17, 15) is 13.9 Å². The first-order valence-electron chi connectivity index (χ1n) is 11.7. The number of imidazole rings is 1. The number of morpholine rings is 1. The second-order valence-corrected chi connectivity index (χ2v) is 8.49. The molecular weight excluding hydrogens is 462 g/mol. The van der Waals surface area contributed by atoms with Gasteiger partial charge in [-0.15, -0.1) is 0 Å². The van der Waals surface area contributed by atoms with Gasteiger partial charge in [-0.2, -0.15) is 15.0 Å². The third-order valence-electron chi connectivity index (χ3n) is 6.27. The molecule has 4 heterocycles. The van der Waals surface area contributed by atoms with Crippen LogP contribution < -0.4 is 9.80 Å². The topological polar surface area (TPSA) is 116 Å². The summed E-state index contributed by atoms with van der Waals surface area (Å²) in [6.45, 7) is 6.02. The van der Waals surface area contributed by atoms with Crippen LogP contribution in [0.4, 0.5) is 20.7 Å². The number of aromatic hydroxyl groups is 1. The van der Waals surface area contributed by atoms with Crippen molar-refractivity contribution in [1.29, 1.82) is 0 Å². The highest BCUT2D eigenvalue weighted by atomic mass is 19.3. The number of alkyl halides is 2. The van der Waals surface area contributed by atoms with Crippen LogP contribution in [0.3, 0.4) is 0 Å². The molecule has 0 unspecified atom stereocenters. The van der Waals surface area contributed by atoms with Crippen molar-refractivity contribution in [2.45, 2.75) is 12.8 Å². The first-order valence-corrected chi connectivity index (χ1v) is 11.7. The van der Waals surface area contributed by atoms with Crippen LogP contribution in [0.25, 0.3) is 17.0 Å². The van der Waals surface area contributed by atoms with Crippen LogP contribution in [0.5, 0.6) is 5.75 Å². The Morgan fingerprint density at radius 3 is 2.20 bits per heavy atom. The molecule has 3 aromatic rings. The van der Waals surface area contributed by atoms with E-state index in [1.54, 1.807) is 12.1 Å². The van der Waals surface area contributed by atoms with Crippen molar-refractivity contribution >= 4 is 22.9 Å². The van der Waals surface area contributed by atoms with Crippen molar-refractivity contribution in [2.75, 3.05) is 75.4 Å². The minimum absolute atomic E-state index is 0.0302. The molecule has 0 radical (unpaired) electrons. The zero-order valence-electron chi connectivity index (χ0n) is 19.2. The van der Waals surface area contributed by atoms with E-state index in [1.165, 1.54) is 10.6 Å². The molecule has 2 saturated heterocycles. The van der Waals surface area contributed by atoms with E-state index in [0.29, 0.717) is 63.2 Å². The van der Waals surface area contributed by atoms with E-state index in [-0.39, 0.29) is 23.8 Å². The number of phenolic OH excluding ortho intramolecular Hbond substituents is 1. The minimum atomic E-state index is -2.90. The fourth-order valence-corrected chi connectivity index (χ4v) is 4.41. The molecule has 188 valence electrons. The molecule has 0 atom stereocenters. The Morgan fingerprint density at radius 1 is 0.886 bits per heavy atom. The largest absolute Gasteiger partial charge is 0.506 e. The van der Waals surface area contributed by atoms with Gasteiger partial charge < -0.3 is 24.7 Å². The third-order valence-corrected chi connectivity index (χ3v) is 6.27. The maximum absolute atomic E-state index is 14.0. The van der Waals surface area contributed by atoms with E-state index in [1.807, 2.05) is 9.80 Å². The fraction of sp³-hybridized carbons (Fsp3) is 0.545. The van der Waals surface area contributed by atoms with Gasteiger partial charge >= 0.3 is 0 Å². The molecule has 0 amide bonds. The Hall–Kier alpha value is -3.16. The minimum Gasteiger partial charge on any atom is -0.506 e. The highest BCUT2D eigenvalue weighted by Gasteiger charge is 2.27. The van der Waals surface area contributed by atoms with Crippen LogP contribution in [0, 0.1) is 0 Å². The Labute approximate surface area is 200 Å². The van der Waals surface area contributed by atoms with Crippen LogP contribution in [-0.4, -0.2) is 105 Å². The highest BCUT2D eigenvalue weighted by Crippen LogP contribution is 2.32. The van der Waals surface area contributed by atoms with Gasteiger partial charge in [-0.3, -0.25) is 9.47 Å². The first kappa shape index (κ1) is 23.6. The molecule has 2 aromatic heterocycles. The Kier molecular flexibility index (Phi) is 6.88. The number of phenols is 1. The lowest BCUT2D eigenvalue weighted by Crippen LogP contribution is -2.47. The highest BCUT2D eigenvalue weighted by molar-refractivity contribution is 5.83. The zero-order valence-corrected chi connectivity index (χ0v) is 19.2. The Balaban J connectivity index is 1.57. The zero-order chi connectivity index (χ0) is 24.4. The van der Waals surface area contributed by atoms with Gasteiger partial charge in [0.1, 0.15) is 11.3 Å². The average Bonchev–Trinajstić information content (AvgIpc) is 3.29. The summed E-state index contributed by atoms with van der Waals surface area (Å²) in [5.41, 5.74) is 0.356. The SMILES string of the molecule is OCCCN1CCN(c2nc(N3CCOCC3)nc(-n3c(C(F)F)nc4c(O)cccc43)n2)CC1. The molecule has 0 saturated carbocycles. The number of hydrogen-bond donors (Lipinski definition) is 2. The number of anilines is 2. The second kappa shape index (κ2) is 10.2. The molecule has 2 N–H and O–H groups in total. The first-order chi connectivity index (χ1) is 17.0. The van der Waals surface area contributed by atoms with E-state index in [2.05, 4.69) is 19.9 Å². The number of benzene rings is 1. The number of fused-ring (bicyclic) bond motifs is 1. The van der Waals surface area contributed by atoms with E-state index >= 15 is 0 Å². The van der Waals surface area contributed by atoms with Gasteiger partial charge in [0.2, 0.25) is 17.8 Å². The summed E-state index contributed by atoms with van der Waals surface area (Å²) in [7, 11) is 0. The molecule has 2 aliphatic heterocycles. The number of aromatic nitrogens is 5. The van der Waals surface area contributed by atoms with Crippen molar-refractivity contribution in [3.05, 3.63) is 24.0 Å². The van der Waals surface area contributed by atoms with Crippen molar-refractivity contribution in [3.63, 3.8) is 0 Å². The lowest BCUT2D eigenvalue weighted by atomic mass is 10.3. The van der Waals surface area contributed by atoms with Gasteiger partial charge in [0.05, 0.1) is 18.7 Å². The standard InChI is InChI=1S/C22H28F2N8O3/c23-18(24)19-25-17-15(3-1-4-16(17)34)32(19)22-27-20(26-21(28-22)31-10-13-35-14-11-31)30-8-6-29(7-9-30)5-2-12-33/h1,3-4,18,33-34H,2,5-14H2. The van der Waals surface area contributed by atoms with Crippen LogP contribution in [0.2, 0.25) is 0 Å². The van der Waals surface area contributed by atoms with Gasteiger partial charge in [-0.1, -0.05) is 6.07 Å². The quantitative estimate of drug-likeness (QED) is 0.500. The number of rotatable bonds is 7. The molecule has 1 aromatic carbocycles. The van der Waals surface area contributed by atoms with Crippen LogP contribution in [0.1, 0.15) is 18.7 Å². The number of ether oxygens (including phenoxy) is 1. The van der Waals surface area contributed by atoms with Gasteiger partial charge in [-0.05, 0) is 18.6 Å². The summed E-state index contributed by atoms with van der Waals surface area (Å²) in [6, 6.07) is 4.58. The summed E-state index contributed by atoms with van der Waals surface area (Å²) in [5, 5.41) is 19.3. The van der Waals surface area contributed by atoms with Crippen molar-refractivity contribution in [1.82, 2.24) is 29.4 Å². The molecule has 2 fully saturated rings. The summed E-state index contributed by atoms with van der Waals surface area (Å²) in [4.78, 5) is 24.1. The smallest absolute Gasteiger partial charge is 0.296 e. The van der Waals surface area contributed by atoms with E-state index in [4.69, 9.17) is 14.8 Å². The van der Waals surface area contributed by atoms with Crippen molar-refractivity contribution < 1.29 is 23.7 Å². The molecule has 0 aliphatic carbocycles. The predicted octanol–water partition coefficient (Wildman–Crippen LogP) is 1.19. The maximum Gasteiger partial charge on any atom is 0.296 e. The summed E-state index contributed by atoms with van der Waals surface area (Å²) in [5.74, 6) is 0.0894. The van der Waals surface area contributed by atoms with Crippen molar-refractivity contribution in [2.24, 2.45) is 0 Å². The normalized spacial score (nSPS) is 17.6. The molecular formula is C22H28F2N8O3. The molecule has 2 aliphatic rings. The summed E-state index contributed by atoms with van der Waals surface area (Å²) >= 11 is 0. The Bertz CT molecular complexity index is 1160. The number of para-hydroxylation sites is 1. The number of nitrogens with zero attached hydrogens (tertiary/aromatic N) is 8. The predicted molar refractivity (Wildman–Crippen MR) is 124 cm³/mol. The molecule has 11 nitrogen and oxygen atoms in total. The number of halogens is 2. The average molecular weight is 491 g/mol. The lowest BCUT2D eigenvalue weighted by Gasteiger charge is -2.35. The van der Waals surface area contributed by atoms with Crippen molar-refractivity contribution in [3.8, 4) is 11.7 Å². The molecule has 0 spiro atoms. The van der Waals surface area contributed by atoms with Gasteiger partial charge in [0, 0.05) is 52.4 Å². The fourth-order valence-electron chi connectivity index (χ4n) is 4.41. The van der Waals surface area contributed by atoms with Crippen LogP contribution in [-0.2, 0) is 4.74 Å². The number of piperazine rings is 1. The number of hydrogen-bond acceptors (Lipinski definition) is 10. The number of aliphatic hydroxyl groups is 1. The van der Waals surface area contributed by atoms with Gasteiger partial charge in [-0.25, -0.2) is 13.8 Å². The Morgan fingerprint density at radius 2 is 1.54 bits per heavy atom. The van der Waals surface area contributed by atoms with Gasteiger partial charge in [0.25, 0.3) is 6.43 Å². The second-order valence-electron chi connectivity index (χ2n) is 8.49. The molecule has 0 bridgehead atoms.